The molecule has 0 aromatic heterocycles. The predicted octanol–water partition coefficient (Wildman–Crippen LogP) is 2.65. The third-order valence-electron chi connectivity index (χ3n) is 5.69. The molecule has 2 fully saturated rings. The molecule has 0 aromatic rings. The molecule has 2 rings (SSSR count). The Kier molecular flexibility index (Phi) is 5.59. The van der Waals surface area contributed by atoms with Crippen molar-refractivity contribution < 1.29 is 28.6 Å². The van der Waals surface area contributed by atoms with E-state index in [1.165, 1.54) is 0 Å². The van der Waals surface area contributed by atoms with Gasteiger partial charge < -0.3 is 14.2 Å². The van der Waals surface area contributed by atoms with Gasteiger partial charge in [0.25, 0.3) is 0 Å². The molecular weight excluding hydrogens is 324 g/mol. The lowest BCUT2D eigenvalue weighted by Crippen LogP contribution is -2.42. The highest BCUT2D eigenvalue weighted by Gasteiger charge is 2.67. The van der Waals surface area contributed by atoms with E-state index >= 15 is 0 Å². The zero-order valence-electron chi connectivity index (χ0n) is 15.6. The highest BCUT2D eigenvalue weighted by molar-refractivity contribution is 6.01. The molecule has 140 valence electrons. The van der Waals surface area contributed by atoms with Gasteiger partial charge in [0.05, 0.1) is 25.7 Å². The lowest BCUT2D eigenvalue weighted by atomic mass is 9.73. The van der Waals surface area contributed by atoms with E-state index in [9.17, 15) is 14.4 Å². The summed E-state index contributed by atoms with van der Waals surface area (Å²) in [5, 5.41) is 0. The summed E-state index contributed by atoms with van der Waals surface area (Å²) in [6.45, 7) is 11.9. The van der Waals surface area contributed by atoms with E-state index in [1.54, 1.807) is 20.8 Å². The molecule has 0 unspecified atom stereocenters. The van der Waals surface area contributed by atoms with Gasteiger partial charge in [0.1, 0.15) is 0 Å². The SMILES string of the molecule is C=C1C[C@@H](C(=O)OCC)[C@]2(C)CC(C(=O)OCC)(C(=O)OCC)C[C@H]12. The van der Waals surface area contributed by atoms with Gasteiger partial charge in [-0.3, -0.25) is 14.4 Å². The second-order valence-corrected chi connectivity index (χ2v) is 7.13. The van der Waals surface area contributed by atoms with Crippen molar-refractivity contribution in [1.29, 1.82) is 0 Å². The van der Waals surface area contributed by atoms with Crippen LogP contribution < -0.4 is 0 Å². The van der Waals surface area contributed by atoms with Crippen LogP contribution in [0.1, 0.15) is 47.0 Å². The van der Waals surface area contributed by atoms with Crippen molar-refractivity contribution >= 4 is 17.9 Å². The molecule has 0 aliphatic heterocycles. The number of carbonyl (C=O) groups excluding carboxylic acids is 3. The standard InChI is InChI=1S/C19H28O6/c1-6-23-15(20)13-9-12(4)14-10-19(11-18(13,14)5,16(21)24-7-2)17(22)25-8-3/h13-14H,4,6-11H2,1-3,5H3/t13-,14+,18-/m0/s1. The molecule has 0 aromatic carbocycles. The van der Waals surface area contributed by atoms with E-state index in [-0.39, 0.29) is 37.9 Å². The van der Waals surface area contributed by atoms with E-state index in [0.717, 1.165) is 5.57 Å². The van der Waals surface area contributed by atoms with Crippen LogP contribution in [0.2, 0.25) is 0 Å². The monoisotopic (exact) mass is 352 g/mol. The van der Waals surface area contributed by atoms with Gasteiger partial charge in [-0.05, 0) is 51.4 Å². The normalized spacial score (nSPS) is 29.8. The molecule has 0 radical (unpaired) electrons. The van der Waals surface area contributed by atoms with Crippen molar-refractivity contribution in [3.05, 3.63) is 12.2 Å². The lowest BCUT2D eigenvalue weighted by Gasteiger charge is -2.31. The smallest absolute Gasteiger partial charge is 0.323 e. The number of rotatable bonds is 6. The Morgan fingerprint density at radius 2 is 1.56 bits per heavy atom. The first-order chi connectivity index (χ1) is 11.8. The maximum absolute atomic E-state index is 12.7. The Labute approximate surface area is 148 Å². The highest BCUT2D eigenvalue weighted by atomic mass is 16.6. The summed E-state index contributed by atoms with van der Waals surface area (Å²) >= 11 is 0. The van der Waals surface area contributed by atoms with Crippen molar-refractivity contribution in [2.45, 2.75) is 47.0 Å². The van der Waals surface area contributed by atoms with Crippen LogP contribution in [0.3, 0.4) is 0 Å². The van der Waals surface area contributed by atoms with Crippen LogP contribution in [-0.4, -0.2) is 37.7 Å². The average Bonchev–Trinajstić information content (AvgIpc) is 3.00. The number of hydrogen-bond acceptors (Lipinski definition) is 6. The first-order valence-electron chi connectivity index (χ1n) is 8.95. The van der Waals surface area contributed by atoms with Gasteiger partial charge in [0.2, 0.25) is 0 Å². The zero-order valence-corrected chi connectivity index (χ0v) is 15.6. The van der Waals surface area contributed by atoms with Crippen molar-refractivity contribution in [1.82, 2.24) is 0 Å². The minimum absolute atomic E-state index is 0.115. The van der Waals surface area contributed by atoms with Gasteiger partial charge in [-0.25, -0.2) is 0 Å². The van der Waals surface area contributed by atoms with E-state index < -0.39 is 28.7 Å². The van der Waals surface area contributed by atoms with Crippen LogP contribution in [0, 0.1) is 22.7 Å². The van der Waals surface area contributed by atoms with Gasteiger partial charge in [-0.15, -0.1) is 0 Å². The molecule has 0 amide bonds. The molecule has 2 aliphatic rings. The Morgan fingerprint density at radius 3 is 2.04 bits per heavy atom. The maximum atomic E-state index is 12.7. The quantitative estimate of drug-likeness (QED) is 0.316. The van der Waals surface area contributed by atoms with Gasteiger partial charge in [0, 0.05) is 0 Å². The summed E-state index contributed by atoms with van der Waals surface area (Å²) in [4.78, 5) is 37.8. The van der Waals surface area contributed by atoms with Gasteiger partial charge >= 0.3 is 17.9 Å². The van der Waals surface area contributed by atoms with Gasteiger partial charge in [0.15, 0.2) is 5.41 Å². The minimum Gasteiger partial charge on any atom is -0.466 e. The summed E-state index contributed by atoms with van der Waals surface area (Å²) in [5.41, 5.74) is -1.06. The second-order valence-electron chi connectivity index (χ2n) is 7.13. The highest BCUT2D eigenvalue weighted by Crippen LogP contribution is 2.65. The van der Waals surface area contributed by atoms with Crippen molar-refractivity contribution in [2.75, 3.05) is 19.8 Å². The second kappa shape index (κ2) is 7.18. The fourth-order valence-corrected chi connectivity index (χ4v) is 4.57. The molecule has 2 aliphatic carbocycles. The molecule has 3 atom stereocenters. The zero-order chi connectivity index (χ0) is 18.8. The van der Waals surface area contributed by atoms with E-state index in [0.29, 0.717) is 13.0 Å². The van der Waals surface area contributed by atoms with Crippen molar-refractivity contribution in [3.8, 4) is 0 Å². The van der Waals surface area contributed by atoms with Crippen LogP contribution in [0.15, 0.2) is 12.2 Å². The van der Waals surface area contributed by atoms with Crippen LogP contribution in [-0.2, 0) is 28.6 Å². The average molecular weight is 352 g/mol. The van der Waals surface area contributed by atoms with Crippen LogP contribution in [0.25, 0.3) is 0 Å². The number of ether oxygens (including phenoxy) is 3. The summed E-state index contributed by atoms with van der Waals surface area (Å²) in [7, 11) is 0. The molecule has 0 spiro atoms. The van der Waals surface area contributed by atoms with E-state index in [1.807, 2.05) is 6.92 Å². The number of fused-ring (bicyclic) bond motifs is 1. The lowest BCUT2D eigenvalue weighted by molar-refractivity contribution is -0.173. The first-order valence-corrected chi connectivity index (χ1v) is 8.95. The van der Waals surface area contributed by atoms with E-state index in [4.69, 9.17) is 14.2 Å². The molecule has 6 nitrogen and oxygen atoms in total. The van der Waals surface area contributed by atoms with Gasteiger partial charge in [-0.1, -0.05) is 19.1 Å². The minimum atomic E-state index is -1.38. The first kappa shape index (κ1) is 19.5. The summed E-state index contributed by atoms with van der Waals surface area (Å²) < 4.78 is 15.6. The third kappa shape index (κ3) is 3.07. The molecule has 2 saturated carbocycles. The Hall–Kier alpha value is -1.85. The third-order valence-corrected chi connectivity index (χ3v) is 5.69. The van der Waals surface area contributed by atoms with Crippen LogP contribution >= 0.6 is 0 Å². The van der Waals surface area contributed by atoms with Gasteiger partial charge in [-0.2, -0.15) is 0 Å². The van der Waals surface area contributed by atoms with Crippen molar-refractivity contribution in [2.24, 2.45) is 22.7 Å². The Bertz CT molecular complexity index is 562. The molecule has 6 heteroatoms. The number of esters is 3. The molecule has 0 N–H and O–H groups in total. The molecule has 0 bridgehead atoms. The predicted molar refractivity (Wildman–Crippen MR) is 90.4 cm³/mol. The fourth-order valence-electron chi connectivity index (χ4n) is 4.57. The topological polar surface area (TPSA) is 78.9 Å². The number of allylic oxidation sites excluding steroid dienone is 1. The fraction of sp³-hybridized carbons (Fsp3) is 0.737. The van der Waals surface area contributed by atoms with Crippen LogP contribution in [0.4, 0.5) is 0 Å². The summed E-state index contributed by atoms with van der Waals surface area (Å²) in [6.07, 6.45) is 1.02. The maximum Gasteiger partial charge on any atom is 0.323 e. The Balaban J connectivity index is 2.41. The molecule has 0 heterocycles. The molecule has 0 saturated heterocycles. The summed E-state index contributed by atoms with van der Waals surface area (Å²) in [6, 6.07) is 0. The summed E-state index contributed by atoms with van der Waals surface area (Å²) in [5.74, 6) is -1.96. The number of hydrogen-bond donors (Lipinski definition) is 0. The van der Waals surface area contributed by atoms with Crippen LogP contribution in [0.5, 0.6) is 0 Å². The molecular formula is C19H28O6. The Morgan fingerprint density at radius 1 is 1.04 bits per heavy atom. The van der Waals surface area contributed by atoms with E-state index in [2.05, 4.69) is 6.58 Å². The molecule has 25 heavy (non-hydrogen) atoms. The van der Waals surface area contributed by atoms with Crippen molar-refractivity contribution in [3.63, 3.8) is 0 Å². The largest absolute Gasteiger partial charge is 0.466 e. The number of carbonyl (C=O) groups is 3.